The average Bonchev–Trinajstić information content (AvgIpc) is 2.48. The van der Waals surface area contributed by atoms with Crippen LogP contribution in [-0.4, -0.2) is 5.78 Å². The highest BCUT2D eigenvalue weighted by atomic mass is 79.9. The molecule has 1 rings (SSSR count). The van der Waals surface area contributed by atoms with Gasteiger partial charge in [-0.15, -0.1) is 11.3 Å². The molecule has 1 aromatic rings. The van der Waals surface area contributed by atoms with Crippen molar-refractivity contribution < 1.29 is 4.79 Å². The molecule has 0 amide bonds. The van der Waals surface area contributed by atoms with Crippen molar-refractivity contribution in [3.05, 3.63) is 19.2 Å². The fourth-order valence-corrected chi connectivity index (χ4v) is 3.32. The van der Waals surface area contributed by atoms with Crippen LogP contribution < -0.4 is 0 Å². The van der Waals surface area contributed by atoms with Gasteiger partial charge in [-0.2, -0.15) is 0 Å². The first kappa shape index (κ1) is 12.4. The van der Waals surface area contributed by atoms with Crippen molar-refractivity contribution in [3.8, 4) is 0 Å². The van der Waals surface area contributed by atoms with E-state index in [0.717, 1.165) is 33.1 Å². The van der Waals surface area contributed by atoms with Crippen molar-refractivity contribution in [2.24, 2.45) is 0 Å². The number of ketones is 1. The van der Waals surface area contributed by atoms with Crippen LogP contribution in [0.15, 0.2) is 14.3 Å². The fourth-order valence-electron chi connectivity index (χ4n) is 1.16. The van der Waals surface area contributed by atoms with Crippen LogP contribution in [0.25, 0.3) is 0 Å². The Kier molecular flexibility index (Phi) is 5.34. The molecular formula is C10H12Br2OS. The highest BCUT2D eigenvalue weighted by Crippen LogP contribution is 2.33. The number of thiophene rings is 1. The summed E-state index contributed by atoms with van der Waals surface area (Å²) < 4.78 is 1.88. The Bertz CT molecular complexity index is 320. The van der Waals surface area contributed by atoms with Gasteiger partial charge in [-0.25, -0.2) is 0 Å². The quantitative estimate of drug-likeness (QED) is 0.542. The lowest BCUT2D eigenvalue weighted by Gasteiger charge is -1.98. The molecule has 0 unspecified atom stereocenters. The topological polar surface area (TPSA) is 17.1 Å². The minimum absolute atomic E-state index is 0.251. The molecule has 1 nitrogen and oxygen atoms in total. The molecule has 14 heavy (non-hydrogen) atoms. The van der Waals surface area contributed by atoms with Gasteiger partial charge in [0.2, 0.25) is 0 Å². The van der Waals surface area contributed by atoms with Gasteiger partial charge < -0.3 is 0 Å². The molecule has 0 radical (unpaired) electrons. The fraction of sp³-hybridized carbons (Fsp3) is 0.500. The van der Waals surface area contributed by atoms with Gasteiger partial charge in [0.1, 0.15) is 0 Å². The van der Waals surface area contributed by atoms with Crippen molar-refractivity contribution in [2.75, 3.05) is 0 Å². The first-order chi connectivity index (χ1) is 6.66. The molecule has 0 spiro atoms. The third-order valence-corrected chi connectivity index (χ3v) is 5.52. The second-order valence-corrected chi connectivity index (χ2v) is 5.63. The van der Waals surface area contributed by atoms with Gasteiger partial charge in [-0.05, 0) is 38.3 Å². The summed E-state index contributed by atoms with van der Waals surface area (Å²) in [5.41, 5.74) is 0. The summed E-state index contributed by atoms with van der Waals surface area (Å²) in [7, 11) is 0. The maximum Gasteiger partial charge on any atom is 0.173 e. The molecule has 0 bridgehead atoms. The highest BCUT2D eigenvalue weighted by Gasteiger charge is 2.13. The van der Waals surface area contributed by atoms with E-state index in [1.54, 1.807) is 0 Å². The standard InChI is InChI=1S/C10H12Br2OS/c1-2-3-4-5-8(13)10-9(12)7(11)6-14-10/h6H,2-5H2,1H3. The molecule has 1 heterocycles. The van der Waals surface area contributed by atoms with Crippen LogP contribution in [0.1, 0.15) is 42.3 Å². The van der Waals surface area contributed by atoms with E-state index in [2.05, 4.69) is 38.8 Å². The van der Waals surface area contributed by atoms with Crippen molar-refractivity contribution in [1.29, 1.82) is 0 Å². The van der Waals surface area contributed by atoms with Crippen molar-refractivity contribution in [2.45, 2.75) is 32.6 Å². The number of rotatable bonds is 5. The third kappa shape index (κ3) is 3.17. The van der Waals surface area contributed by atoms with Gasteiger partial charge in [0, 0.05) is 16.3 Å². The molecule has 0 aliphatic heterocycles. The van der Waals surface area contributed by atoms with Gasteiger partial charge in [0.15, 0.2) is 5.78 Å². The van der Waals surface area contributed by atoms with Crippen molar-refractivity contribution >= 4 is 49.0 Å². The molecule has 0 aliphatic rings. The number of carbonyl (C=O) groups excluding carboxylic acids is 1. The molecular weight excluding hydrogens is 328 g/mol. The van der Waals surface area contributed by atoms with Gasteiger partial charge in [-0.3, -0.25) is 4.79 Å². The van der Waals surface area contributed by atoms with Crippen LogP contribution >= 0.6 is 43.2 Å². The van der Waals surface area contributed by atoms with E-state index in [0.29, 0.717) is 6.42 Å². The predicted octanol–water partition coefficient (Wildman–Crippen LogP) is 5.04. The molecule has 0 saturated heterocycles. The lowest BCUT2D eigenvalue weighted by Crippen LogP contribution is -1.96. The van der Waals surface area contributed by atoms with Crippen molar-refractivity contribution in [1.82, 2.24) is 0 Å². The smallest absolute Gasteiger partial charge is 0.173 e. The largest absolute Gasteiger partial charge is 0.293 e. The van der Waals surface area contributed by atoms with Crippen LogP contribution in [0.4, 0.5) is 0 Å². The number of Topliss-reactive ketones (excluding diaryl/α,β-unsaturated/α-hetero) is 1. The Hall–Kier alpha value is 0.330. The third-order valence-electron chi connectivity index (χ3n) is 1.95. The van der Waals surface area contributed by atoms with E-state index >= 15 is 0 Å². The number of hydrogen-bond acceptors (Lipinski definition) is 2. The first-order valence-corrected chi connectivity index (χ1v) is 7.09. The lowest BCUT2D eigenvalue weighted by molar-refractivity contribution is 0.0982. The summed E-state index contributed by atoms with van der Waals surface area (Å²) >= 11 is 8.28. The number of halogens is 2. The van der Waals surface area contributed by atoms with Crippen LogP contribution in [0.2, 0.25) is 0 Å². The second kappa shape index (κ2) is 6.03. The molecule has 0 aromatic carbocycles. The summed E-state index contributed by atoms with van der Waals surface area (Å²) in [6.45, 7) is 2.14. The summed E-state index contributed by atoms with van der Waals surface area (Å²) in [6.07, 6.45) is 3.95. The summed E-state index contributed by atoms with van der Waals surface area (Å²) in [6, 6.07) is 0. The minimum atomic E-state index is 0.251. The Morgan fingerprint density at radius 2 is 2.14 bits per heavy atom. The van der Waals surface area contributed by atoms with Crippen LogP contribution in [0.3, 0.4) is 0 Å². The second-order valence-electron chi connectivity index (χ2n) is 3.11. The average molecular weight is 340 g/mol. The molecule has 0 N–H and O–H groups in total. The molecule has 4 heteroatoms. The normalized spacial score (nSPS) is 10.5. The maximum absolute atomic E-state index is 11.7. The highest BCUT2D eigenvalue weighted by molar-refractivity contribution is 9.13. The van der Waals surface area contributed by atoms with Gasteiger partial charge >= 0.3 is 0 Å². The molecule has 78 valence electrons. The minimum Gasteiger partial charge on any atom is -0.293 e. The number of carbonyl (C=O) groups is 1. The zero-order valence-electron chi connectivity index (χ0n) is 7.98. The summed E-state index contributed by atoms with van der Waals surface area (Å²) in [4.78, 5) is 12.6. The molecule has 0 aliphatic carbocycles. The Morgan fingerprint density at radius 1 is 1.43 bits per heavy atom. The maximum atomic E-state index is 11.7. The lowest BCUT2D eigenvalue weighted by atomic mass is 10.1. The van der Waals surface area contributed by atoms with E-state index < -0.39 is 0 Å². The SMILES string of the molecule is CCCCCC(=O)c1scc(Br)c1Br. The molecule has 0 atom stereocenters. The van der Waals surface area contributed by atoms with Gasteiger partial charge in [0.25, 0.3) is 0 Å². The first-order valence-electron chi connectivity index (χ1n) is 4.62. The predicted molar refractivity (Wildman–Crippen MR) is 68.2 cm³/mol. The number of hydrogen-bond donors (Lipinski definition) is 0. The van der Waals surface area contributed by atoms with Crippen LogP contribution in [0.5, 0.6) is 0 Å². The Morgan fingerprint density at radius 3 is 2.64 bits per heavy atom. The molecule has 0 saturated carbocycles. The zero-order valence-corrected chi connectivity index (χ0v) is 12.0. The zero-order chi connectivity index (χ0) is 10.6. The Labute approximate surface area is 105 Å². The van der Waals surface area contributed by atoms with E-state index in [9.17, 15) is 4.79 Å². The Balaban J connectivity index is 2.56. The molecule has 1 aromatic heterocycles. The van der Waals surface area contributed by atoms with Crippen molar-refractivity contribution in [3.63, 3.8) is 0 Å². The van der Waals surface area contributed by atoms with E-state index in [1.807, 2.05) is 5.38 Å². The van der Waals surface area contributed by atoms with E-state index in [4.69, 9.17) is 0 Å². The van der Waals surface area contributed by atoms with Crippen LogP contribution in [0, 0.1) is 0 Å². The summed E-state index contributed by atoms with van der Waals surface area (Å²) in [5, 5.41) is 1.94. The number of unbranched alkanes of at least 4 members (excludes halogenated alkanes) is 2. The van der Waals surface area contributed by atoms with E-state index in [1.165, 1.54) is 11.3 Å². The summed E-state index contributed by atoms with van der Waals surface area (Å²) in [5.74, 6) is 0.251. The van der Waals surface area contributed by atoms with Crippen LogP contribution in [-0.2, 0) is 0 Å². The molecule has 0 fully saturated rings. The van der Waals surface area contributed by atoms with E-state index in [-0.39, 0.29) is 5.78 Å². The van der Waals surface area contributed by atoms with Gasteiger partial charge in [0.05, 0.1) is 9.35 Å². The van der Waals surface area contributed by atoms with Gasteiger partial charge in [-0.1, -0.05) is 19.8 Å². The monoisotopic (exact) mass is 338 g/mol.